The maximum absolute atomic E-state index is 13.1. The molecule has 0 radical (unpaired) electrons. The number of benzene rings is 2. The van der Waals surface area contributed by atoms with Gasteiger partial charge in [0, 0.05) is 4.90 Å². The molecule has 0 amide bonds. The van der Waals surface area contributed by atoms with Crippen molar-refractivity contribution in [1.29, 1.82) is 0 Å². The van der Waals surface area contributed by atoms with Crippen LogP contribution in [0.3, 0.4) is 0 Å². The Morgan fingerprint density at radius 2 is 1.94 bits per heavy atom. The molecule has 0 unspecified atom stereocenters. The minimum atomic E-state index is -0.236. The molecule has 0 N–H and O–H groups in total. The van der Waals surface area contributed by atoms with Crippen molar-refractivity contribution in [2.24, 2.45) is 0 Å². The summed E-state index contributed by atoms with van der Waals surface area (Å²) in [4.78, 5) is 5.44. The second kappa shape index (κ2) is 4.82. The Morgan fingerprint density at radius 3 is 2.69 bits per heavy atom. The Hall–Kier alpha value is -1.10. The molecule has 0 saturated heterocycles. The van der Waals surface area contributed by atoms with E-state index in [2.05, 4.69) is 4.89 Å². The smallest absolute Gasteiger partial charge is 0.123 e. The molecule has 16 heavy (non-hydrogen) atoms. The number of hydrogen-bond acceptors (Lipinski definition) is 3. The molecule has 2 rings (SSSR count). The largest absolute Gasteiger partial charge is 0.227 e. The van der Waals surface area contributed by atoms with Crippen molar-refractivity contribution in [3.05, 3.63) is 41.7 Å². The SMILES string of the molecule is COOSc1cc2cc(F)ccc2cc1C. The molecule has 0 aliphatic rings. The molecule has 2 aromatic rings. The van der Waals surface area contributed by atoms with Crippen molar-refractivity contribution in [2.75, 3.05) is 7.11 Å². The average Bonchev–Trinajstić information content (AvgIpc) is 2.27. The highest BCUT2D eigenvalue weighted by Gasteiger charge is 2.04. The van der Waals surface area contributed by atoms with E-state index in [-0.39, 0.29) is 5.82 Å². The molecule has 0 aromatic heterocycles. The lowest BCUT2D eigenvalue weighted by molar-refractivity contribution is -0.160. The van der Waals surface area contributed by atoms with Crippen LogP contribution >= 0.6 is 12.0 Å². The predicted octanol–water partition coefficient (Wildman–Crippen LogP) is 3.87. The van der Waals surface area contributed by atoms with Crippen molar-refractivity contribution < 1.29 is 13.6 Å². The van der Waals surface area contributed by atoms with Crippen LogP contribution in [0, 0.1) is 12.7 Å². The van der Waals surface area contributed by atoms with Crippen LogP contribution in [0.2, 0.25) is 0 Å². The van der Waals surface area contributed by atoms with Gasteiger partial charge in [-0.05, 0) is 41.5 Å². The van der Waals surface area contributed by atoms with Gasteiger partial charge in [-0.25, -0.2) is 9.28 Å². The quantitative estimate of drug-likeness (QED) is 0.459. The van der Waals surface area contributed by atoms with E-state index in [1.807, 2.05) is 19.1 Å². The van der Waals surface area contributed by atoms with E-state index >= 15 is 0 Å². The van der Waals surface area contributed by atoms with Gasteiger partial charge in [-0.2, -0.15) is 4.33 Å². The van der Waals surface area contributed by atoms with Crippen molar-refractivity contribution in [1.82, 2.24) is 0 Å². The summed E-state index contributed by atoms with van der Waals surface area (Å²) in [6.07, 6.45) is 0. The molecule has 0 fully saturated rings. The summed E-state index contributed by atoms with van der Waals surface area (Å²) in [6, 6.07) is 8.61. The minimum Gasteiger partial charge on any atom is -0.227 e. The molecule has 0 aliphatic carbocycles. The van der Waals surface area contributed by atoms with E-state index < -0.39 is 0 Å². The van der Waals surface area contributed by atoms with Crippen LogP contribution in [-0.2, 0) is 9.22 Å². The Bertz CT molecular complexity index is 514. The normalized spacial score (nSPS) is 10.9. The Balaban J connectivity index is 2.46. The number of aryl methyl sites for hydroxylation is 1. The first-order chi connectivity index (χ1) is 7.70. The Morgan fingerprint density at radius 1 is 1.12 bits per heavy atom. The zero-order valence-corrected chi connectivity index (χ0v) is 9.81. The van der Waals surface area contributed by atoms with Crippen LogP contribution in [-0.4, -0.2) is 7.11 Å². The molecule has 0 bridgehead atoms. The van der Waals surface area contributed by atoms with Gasteiger partial charge < -0.3 is 0 Å². The van der Waals surface area contributed by atoms with Gasteiger partial charge in [-0.3, -0.25) is 0 Å². The molecular formula is C12H11FO2S. The van der Waals surface area contributed by atoms with Crippen LogP contribution < -0.4 is 0 Å². The summed E-state index contributed by atoms with van der Waals surface area (Å²) in [6.45, 7) is 1.98. The monoisotopic (exact) mass is 238 g/mol. The fourth-order valence-corrected chi connectivity index (χ4v) is 2.03. The van der Waals surface area contributed by atoms with E-state index in [0.717, 1.165) is 33.3 Å². The van der Waals surface area contributed by atoms with Crippen molar-refractivity contribution in [3.8, 4) is 0 Å². The maximum Gasteiger partial charge on any atom is 0.123 e. The van der Waals surface area contributed by atoms with Crippen molar-refractivity contribution in [2.45, 2.75) is 11.8 Å². The second-order valence-corrected chi connectivity index (χ2v) is 4.17. The van der Waals surface area contributed by atoms with Gasteiger partial charge in [-0.1, -0.05) is 12.1 Å². The standard InChI is InChI=1S/C12H11FO2S/c1-8-5-9-3-4-11(13)6-10(9)7-12(8)16-15-14-2/h3-7H,1-2H3. The van der Waals surface area contributed by atoms with E-state index in [9.17, 15) is 4.39 Å². The summed E-state index contributed by atoms with van der Waals surface area (Å²) in [5, 5.41) is 1.87. The average molecular weight is 238 g/mol. The highest BCUT2D eigenvalue weighted by molar-refractivity contribution is 7.94. The van der Waals surface area contributed by atoms with Gasteiger partial charge in [0.1, 0.15) is 5.82 Å². The number of rotatable bonds is 3. The molecule has 0 heterocycles. The van der Waals surface area contributed by atoms with Gasteiger partial charge in [0.05, 0.1) is 19.2 Å². The Labute approximate surface area is 97.5 Å². The third-order valence-corrected chi connectivity index (χ3v) is 3.11. The number of hydrogen-bond donors (Lipinski definition) is 0. The lowest BCUT2D eigenvalue weighted by atomic mass is 10.1. The molecule has 0 aliphatic heterocycles. The van der Waals surface area contributed by atoms with Crippen LogP contribution in [0.15, 0.2) is 35.2 Å². The molecular weight excluding hydrogens is 227 g/mol. The molecule has 4 heteroatoms. The van der Waals surface area contributed by atoms with Crippen molar-refractivity contribution in [3.63, 3.8) is 0 Å². The molecule has 0 atom stereocenters. The molecule has 2 aromatic carbocycles. The first-order valence-electron chi connectivity index (χ1n) is 4.78. The third-order valence-electron chi connectivity index (χ3n) is 2.29. The molecule has 2 nitrogen and oxygen atoms in total. The zero-order valence-electron chi connectivity index (χ0n) is 8.99. The first kappa shape index (κ1) is 11.4. The summed E-state index contributed by atoms with van der Waals surface area (Å²) < 4.78 is 17.9. The summed E-state index contributed by atoms with van der Waals surface area (Å²) in [5.41, 5.74) is 1.07. The van der Waals surface area contributed by atoms with E-state index in [4.69, 9.17) is 4.33 Å². The highest BCUT2D eigenvalue weighted by atomic mass is 32.2. The maximum atomic E-state index is 13.1. The fraction of sp³-hybridized carbons (Fsp3) is 0.167. The van der Waals surface area contributed by atoms with Gasteiger partial charge in [0.15, 0.2) is 0 Å². The lowest BCUT2D eigenvalue weighted by Crippen LogP contribution is -1.85. The lowest BCUT2D eigenvalue weighted by Gasteiger charge is -2.06. The number of halogens is 1. The first-order valence-corrected chi connectivity index (χ1v) is 5.52. The summed E-state index contributed by atoms with van der Waals surface area (Å²) in [5.74, 6) is -0.236. The van der Waals surface area contributed by atoms with Crippen LogP contribution in [0.25, 0.3) is 10.8 Å². The predicted molar refractivity (Wildman–Crippen MR) is 62.6 cm³/mol. The van der Waals surface area contributed by atoms with Gasteiger partial charge in [0.2, 0.25) is 0 Å². The highest BCUT2D eigenvalue weighted by Crippen LogP contribution is 2.28. The topological polar surface area (TPSA) is 18.5 Å². The fourth-order valence-electron chi connectivity index (χ4n) is 1.52. The van der Waals surface area contributed by atoms with Crippen LogP contribution in [0.1, 0.15) is 5.56 Å². The van der Waals surface area contributed by atoms with Gasteiger partial charge in [0.25, 0.3) is 0 Å². The second-order valence-electron chi connectivity index (χ2n) is 3.43. The van der Waals surface area contributed by atoms with E-state index in [0.29, 0.717) is 0 Å². The third kappa shape index (κ3) is 2.35. The van der Waals surface area contributed by atoms with E-state index in [1.54, 1.807) is 6.07 Å². The van der Waals surface area contributed by atoms with Gasteiger partial charge in [-0.15, -0.1) is 0 Å². The van der Waals surface area contributed by atoms with E-state index in [1.165, 1.54) is 19.2 Å². The molecule has 0 saturated carbocycles. The molecule has 0 spiro atoms. The molecule has 84 valence electrons. The van der Waals surface area contributed by atoms with Crippen LogP contribution in [0.5, 0.6) is 0 Å². The summed E-state index contributed by atoms with van der Waals surface area (Å²) in [7, 11) is 1.45. The van der Waals surface area contributed by atoms with Crippen molar-refractivity contribution >= 4 is 22.8 Å². The van der Waals surface area contributed by atoms with Crippen LogP contribution in [0.4, 0.5) is 4.39 Å². The minimum absolute atomic E-state index is 0.236. The number of fused-ring (bicyclic) bond motifs is 1. The Kier molecular flexibility index (Phi) is 3.43. The van der Waals surface area contributed by atoms with Gasteiger partial charge >= 0.3 is 0 Å². The summed E-state index contributed by atoms with van der Waals surface area (Å²) >= 11 is 1.12. The zero-order chi connectivity index (χ0) is 11.5.